The van der Waals surface area contributed by atoms with Crippen LogP contribution in [0.2, 0.25) is 0 Å². The van der Waals surface area contributed by atoms with E-state index in [9.17, 15) is 0 Å². The largest absolute Gasteiger partial charge is 3.00 e. The van der Waals surface area contributed by atoms with Crippen LogP contribution in [0.15, 0.2) is 235 Å². The SMILES string of the molecule is [Ir+3].[c-]1cc(CCc2cc(CCc3c[c-]c(-c4ccccn4)cc3)cc(-c3ccccc3-c3c[c-]c(-c4ccc5c(n4)oc4ccccc45)cc3-c3ccc(-c4ccccc4)cc3)c2)ccc1-c1ccccn1. The Kier molecular flexibility index (Phi) is 13.4. The number of hydrogen-bond acceptors (Lipinski definition) is 4. The molecule has 0 aliphatic rings. The van der Waals surface area contributed by atoms with Crippen LogP contribution in [0.1, 0.15) is 22.3 Å². The summed E-state index contributed by atoms with van der Waals surface area (Å²) in [5.74, 6) is 0. The van der Waals surface area contributed by atoms with Gasteiger partial charge in [-0.05, 0) is 87.1 Å². The van der Waals surface area contributed by atoms with E-state index in [0.717, 1.165) is 98.1 Å². The van der Waals surface area contributed by atoms with Crippen LogP contribution in [0, 0.1) is 18.2 Å². The fourth-order valence-electron chi connectivity index (χ4n) is 9.67. The Balaban J connectivity index is 0.00000560. The predicted octanol–water partition coefficient (Wildman–Crippen LogP) is 16.4. The molecule has 0 bridgehead atoms. The van der Waals surface area contributed by atoms with E-state index in [1.54, 1.807) is 0 Å². The van der Waals surface area contributed by atoms with Gasteiger partial charge in [0.1, 0.15) is 5.58 Å². The van der Waals surface area contributed by atoms with Gasteiger partial charge in [-0.2, -0.15) is 0 Å². The topological polar surface area (TPSA) is 51.8 Å². The molecule has 12 aromatic rings. The van der Waals surface area contributed by atoms with Gasteiger partial charge in [0.25, 0.3) is 0 Å². The van der Waals surface area contributed by atoms with Crippen LogP contribution in [0.4, 0.5) is 0 Å². The van der Waals surface area contributed by atoms with Crippen molar-refractivity contribution in [3.63, 3.8) is 0 Å². The van der Waals surface area contributed by atoms with Gasteiger partial charge < -0.3 is 14.4 Å². The molecule has 72 heavy (non-hydrogen) atoms. The zero-order valence-electron chi connectivity index (χ0n) is 39.4. The number of rotatable bonds is 13. The summed E-state index contributed by atoms with van der Waals surface area (Å²) in [6.07, 6.45) is 7.21. The maximum atomic E-state index is 6.26. The van der Waals surface area contributed by atoms with Gasteiger partial charge in [-0.1, -0.05) is 181 Å². The van der Waals surface area contributed by atoms with Crippen LogP contribution in [-0.2, 0) is 45.8 Å². The fraction of sp³-hybridized carbons (Fsp3) is 0.0597. The Morgan fingerprint density at radius 3 is 1.56 bits per heavy atom. The van der Waals surface area contributed by atoms with E-state index >= 15 is 0 Å². The molecule has 4 aromatic heterocycles. The van der Waals surface area contributed by atoms with Gasteiger partial charge in [0.2, 0.25) is 5.71 Å². The first kappa shape index (κ1) is 46.1. The number of aryl methyl sites for hydroxylation is 4. The summed E-state index contributed by atoms with van der Waals surface area (Å²) < 4.78 is 6.26. The molecule has 0 atom stereocenters. The van der Waals surface area contributed by atoms with E-state index in [1.165, 1.54) is 44.5 Å². The first-order valence-corrected chi connectivity index (χ1v) is 24.2. The van der Waals surface area contributed by atoms with Crippen LogP contribution in [0.25, 0.3) is 100 Å². The predicted molar refractivity (Wildman–Crippen MR) is 289 cm³/mol. The van der Waals surface area contributed by atoms with E-state index in [2.05, 4.69) is 192 Å². The van der Waals surface area contributed by atoms with Gasteiger partial charge in [-0.25, -0.2) is 0 Å². The molecule has 0 saturated heterocycles. The molecule has 0 radical (unpaired) electrons. The average Bonchev–Trinajstić information content (AvgIpc) is 3.83. The van der Waals surface area contributed by atoms with E-state index in [-0.39, 0.29) is 20.1 Å². The van der Waals surface area contributed by atoms with Crippen LogP contribution >= 0.6 is 0 Å². The number of para-hydroxylation sites is 1. The van der Waals surface area contributed by atoms with Gasteiger partial charge in [0.15, 0.2) is 0 Å². The Bertz CT molecular complexity index is 3670. The molecule has 0 amide bonds. The van der Waals surface area contributed by atoms with E-state index in [4.69, 9.17) is 9.40 Å². The summed E-state index contributed by atoms with van der Waals surface area (Å²) in [7, 11) is 0. The first-order valence-electron chi connectivity index (χ1n) is 24.2. The minimum absolute atomic E-state index is 0. The zero-order chi connectivity index (χ0) is 47.3. The van der Waals surface area contributed by atoms with E-state index in [1.807, 2.05) is 67.0 Å². The van der Waals surface area contributed by atoms with Gasteiger partial charge in [0.05, 0.1) is 0 Å². The minimum Gasteiger partial charge on any atom is -0.439 e. The number of nitrogens with zero attached hydrogens (tertiary/aromatic N) is 3. The second-order valence-electron chi connectivity index (χ2n) is 18.0. The number of aromatic nitrogens is 3. The third-order valence-corrected chi connectivity index (χ3v) is 13.4. The molecule has 12 rings (SSSR count). The Hall–Kier alpha value is -8.34. The summed E-state index contributed by atoms with van der Waals surface area (Å²) in [4.78, 5) is 14.1. The first-order chi connectivity index (χ1) is 35.1. The van der Waals surface area contributed by atoms with E-state index in [0.29, 0.717) is 5.71 Å². The van der Waals surface area contributed by atoms with Crippen LogP contribution < -0.4 is 0 Å². The van der Waals surface area contributed by atoms with Crippen molar-refractivity contribution < 1.29 is 24.5 Å². The van der Waals surface area contributed by atoms with Crippen molar-refractivity contribution in [3.8, 4) is 78.3 Å². The van der Waals surface area contributed by atoms with Crippen molar-refractivity contribution >= 4 is 22.1 Å². The maximum Gasteiger partial charge on any atom is 3.00 e. The van der Waals surface area contributed by atoms with Crippen molar-refractivity contribution in [2.75, 3.05) is 0 Å². The summed E-state index contributed by atoms with van der Waals surface area (Å²) in [5.41, 5.74) is 21.3. The quantitative estimate of drug-likeness (QED) is 0.108. The third-order valence-electron chi connectivity index (χ3n) is 13.4. The molecule has 0 aliphatic heterocycles. The molecule has 8 aromatic carbocycles. The Labute approximate surface area is 434 Å². The molecular formula is C67H46IrN3O. The number of pyridine rings is 3. The van der Waals surface area contributed by atoms with Gasteiger partial charge >= 0.3 is 20.1 Å². The van der Waals surface area contributed by atoms with Crippen molar-refractivity contribution in [2.45, 2.75) is 25.7 Å². The van der Waals surface area contributed by atoms with Gasteiger partial charge in [0, 0.05) is 23.2 Å². The summed E-state index contributed by atoms with van der Waals surface area (Å²) >= 11 is 0. The van der Waals surface area contributed by atoms with Crippen molar-refractivity contribution in [2.24, 2.45) is 0 Å². The number of hydrogen-bond donors (Lipinski definition) is 0. The smallest absolute Gasteiger partial charge is 0.439 e. The molecule has 0 unspecified atom stereocenters. The summed E-state index contributed by atoms with van der Waals surface area (Å²) in [6, 6.07) is 87.7. The number of furan rings is 1. The summed E-state index contributed by atoms with van der Waals surface area (Å²) in [6.45, 7) is 0. The molecule has 0 aliphatic carbocycles. The van der Waals surface area contributed by atoms with Crippen molar-refractivity contribution in [1.82, 2.24) is 15.0 Å². The van der Waals surface area contributed by atoms with E-state index < -0.39 is 0 Å². The van der Waals surface area contributed by atoms with Crippen molar-refractivity contribution in [1.29, 1.82) is 0 Å². The normalized spacial score (nSPS) is 11.2. The van der Waals surface area contributed by atoms with Gasteiger partial charge in [-0.3, -0.25) is 4.98 Å². The molecule has 0 saturated carbocycles. The molecule has 0 fully saturated rings. The van der Waals surface area contributed by atoms with Crippen LogP contribution in [-0.4, -0.2) is 15.0 Å². The average molecular weight is 1100 g/mol. The van der Waals surface area contributed by atoms with Gasteiger partial charge in [-0.15, -0.1) is 94.5 Å². The molecular weight excluding hydrogens is 1050 g/mol. The number of fused-ring (bicyclic) bond motifs is 3. The second-order valence-corrected chi connectivity index (χ2v) is 18.0. The molecule has 4 heterocycles. The molecule has 0 spiro atoms. The third kappa shape index (κ3) is 9.86. The van der Waals surface area contributed by atoms with Crippen LogP contribution in [0.5, 0.6) is 0 Å². The Morgan fingerprint density at radius 1 is 0.347 bits per heavy atom. The molecule has 344 valence electrons. The zero-order valence-corrected chi connectivity index (χ0v) is 41.7. The monoisotopic (exact) mass is 1100 g/mol. The second kappa shape index (κ2) is 20.9. The standard InChI is InChI=1S/C67H46N3O.Ir/c1-2-12-50(13-3-1)51-32-34-52(35-33-51)62-45-55(65-39-38-61-60-16-6-7-19-66(60)71-67(61)70-65)36-37-59(62)58-15-5-4-14-57(58)56-43-48(22-20-46-24-28-53(29-25-46)63-17-8-10-40-68-63)42-49(44-56)23-21-47-26-30-54(31-27-47)64-18-9-11-41-69-64;/h1-19,24-28,30,32-35,37-45H,20-23H2;/q-3;+3. The molecule has 4 nitrogen and oxygen atoms in total. The molecule has 0 N–H and O–H groups in total. The minimum atomic E-state index is 0. The summed E-state index contributed by atoms with van der Waals surface area (Å²) in [5, 5.41) is 2.06. The molecule has 5 heteroatoms. The Morgan fingerprint density at radius 2 is 0.917 bits per heavy atom. The fourth-order valence-corrected chi connectivity index (χ4v) is 9.67. The maximum absolute atomic E-state index is 6.26. The van der Waals surface area contributed by atoms with Crippen LogP contribution in [0.3, 0.4) is 0 Å². The van der Waals surface area contributed by atoms with Crippen molar-refractivity contribution in [3.05, 3.63) is 271 Å². The number of benzene rings is 8.